The molecule has 1 aromatic carbocycles. The van der Waals surface area contributed by atoms with Crippen molar-refractivity contribution in [3.8, 4) is 5.75 Å². The van der Waals surface area contributed by atoms with E-state index in [0.29, 0.717) is 6.61 Å². The quantitative estimate of drug-likeness (QED) is 0.653. The molecule has 0 atom stereocenters. The second kappa shape index (κ2) is 6.96. The molecule has 0 radical (unpaired) electrons. The van der Waals surface area contributed by atoms with Crippen LogP contribution in [0.2, 0.25) is 0 Å². The molecule has 0 aliphatic carbocycles. The van der Waals surface area contributed by atoms with Gasteiger partial charge in [-0.3, -0.25) is 0 Å². The Morgan fingerprint density at radius 1 is 1.35 bits per heavy atom. The van der Waals surface area contributed by atoms with Gasteiger partial charge in [0.15, 0.2) is 0 Å². The monoisotopic (exact) mass is 289 g/mol. The molecule has 0 amide bonds. The summed E-state index contributed by atoms with van der Waals surface area (Å²) in [5.41, 5.74) is 1.17. The van der Waals surface area contributed by atoms with Crippen LogP contribution in [0.25, 0.3) is 0 Å². The van der Waals surface area contributed by atoms with E-state index in [1.54, 1.807) is 23.9 Å². The minimum absolute atomic E-state index is 0.0647. The third kappa shape index (κ3) is 3.99. The third-order valence-corrected chi connectivity index (χ3v) is 3.61. The number of carbonyl (C=O) groups is 1. The zero-order chi connectivity index (χ0) is 14.4. The van der Waals surface area contributed by atoms with Crippen molar-refractivity contribution in [3.05, 3.63) is 53.9 Å². The third-order valence-electron chi connectivity index (χ3n) is 2.65. The first-order valence-electron chi connectivity index (χ1n) is 6.17. The summed E-state index contributed by atoms with van der Waals surface area (Å²) in [7, 11) is 0. The van der Waals surface area contributed by atoms with E-state index in [1.165, 1.54) is 6.20 Å². The lowest BCUT2D eigenvalue weighted by Gasteiger charge is -2.08. The van der Waals surface area contributed by atoms with E-state index in [1.807, 2.05) is 31.2 Å². The lowest BCUT2D eigenvalue weighted by Crippen LogP contribution is -2.02. The number of aryl methyl sites for hydroxylation is 1. The van der Waals surface area contributed by atoms with Crippen molar-refractivity contribution < 1.29 is 14.6 Å². The molecule has 2 rings (SSSR count). The van der Waals surface area contributed by atoms with Gasteiger partial charge in [-0.15, -0.1) is 11.8 Å². The predicted octanol–water partition coefficient (Wildman–Crippen LogP) is 3.26. The zero-order valence-electron chi connectivity index (χ0n) is 11.1. The molecule has 0 bridgehead atoms. The standard InChI is InChI=1S/C15H15NO3S/c1-11-4-2-3-5-14(11)19-8-9-20-12-6-7-16-13(10-12)15(17)18/h2-7,10H,8-9H2,1H3,(H,17,18). The van der Waals surface area contributed by atoms with E-state index < -0.39 is 5.97 Å². The van der Waals surface area contributed by atoms with E-state index in [0.717, 1.165) is 22.0 Å². The van der Waals surface area contributed by atoms with E-state index in [4.69, 9.17) is 9.84 Å². The van der Waals surface area contributed by atoms with Gasteiger partial charge in [0.25, 0.3) is 0 Å². The van der Waals surface area contributed by atoms with Crippen LogP contribution < -0.4 is 4.74 Å². The summed E-state index contributed by atoms with van der Waals surface area (Å²) < 4.78 is 5.68. The molecule has 0 saturated heterocycles. The first-order valence-corrected chi connectivity index (χ1v) is 7.16. The number of hydrogen-bond acceptors (Lipinski definition) is 4. The van der Waals surface area contributed by atoms with Gasteiger partial charge in [-0.2, -0.15) is 0 Å². The molecule has 1 aromatic heterocycles. The Morgan fingerprint density at radius 3 is 2.90 bits per heavy atom. The molecule has 1 heterocycles. The molecule has 0 aliphatic heterocycles. The Hall–Kier alpha value is -2.01. The Balaban J connectivity index is 1.83. The molecule has 0 unspecified atom stereocenters. The fourth-order valence-corrected chi connectivity index (χ4v) is 2.40. The molecule has 0 fully saturated rings. The molecular weight excluding hydrogens is 274 g/mol. The predicted molar refractivity (Wildman–Crippen MR) is 78.6 cm³/mol. The fraction of sp³-hybridized carbons (Fsp3) is 0.200. The number of nitrogens with zero attached hydrogens (tertiary/aromatic N) is 1. The molecule has 2 aromatic rings. The Morgan fingerprint density at radius 2 is 2.15 bits per heavy atom. The zero-order valence-corrected chi connectivity index (χ0v) is 11.9. The number of hydrogen-bond donors (Lipinski definition) is 1. The Labute approximate surface area is 121 Å². The molecule has 0 aliphatic rings. The number of rotatable bonds is 6. The maximum Gasteiger partial charge on any atom is 0.354 e. The van der Waals surface area contributed by atoms with Gasteiger partial charge < -0.3 is 9.84 Å². The molecule has 0 spiro atoms. The number of carboxylic acids is 1. The normalized spacial score (nSPS) is 10.2. The Kier molecular flexibility index (Phi) is 5.01. The van der Waals surface area contributed by atoms with Crippen molar-refractivity contribution in [3.63, 3.8) is 0 Å². The van der Waals surface area contributed by atoms with Crippen molar-refractivity contribution >= 4 is 17.7 Å². The summed E-state index contributed by atoms with van der Waals surface area (Å²) in [6, 6.07) is 11.2. The average Bonchev–Trinajstić information content (AvgIpc) is 2.45. The molecule has 4 nitrogen and oxygen atoms in total. The van der Waals surface area contributed by atoms with Gasteiger partial charge >= 0.3 is 5.97 Å². The number of aromatic carboxylic acids is 1. The summed E-state index contributed by atoms with van der Waals surface area (Å²) in [4.78, 5) is 15.5. The average molecular weight is 289 g/mol. The first-order chi connectivity index (χ1) is 9.66. The maximum absolute atomic E-state index is 10.8. The van der Waals surface area contributed by atoms with Gasteiger partial charge in [0.2, 0.25) is 0 Å². The minimum Gasteiger partial charge on any atom is -0.492 e. The highest BCUT2D eigenvalue weighted by Gasteiger charge is 2.05. The molecule has 104 valence electrons. The summed E-state index contributed by atoms with van der Waals surface area (Å²) in [5.74, 6) is 0.620. The second-order valence-corrected chi connectivity index (χ2v) is 5.31. The maximum atomic E-state index is 10.8. The van der Waals surface area contributed by atoms with Crippen LogP contribution in [-0.4, -0.2) is 28.4 Å². The number of pyridine rings is 1. The van der Waals surface area contributed by atoms with Gasteiger partial charge in [-0.1, -0.05) is 18.2 Å². The van der Waals surface area contributed by atoms with Gasteiger partial charge in [0.1, 0.15) is 11.4 Å². The van der Waals surface area contributed by atoms with Crippen molar-refractivity contribution in [1.82, 2.24) is 4.98 Å². The van der Waals surface area contributed by atoms with Crippen LogP contribution in [0, 0.1) is 6.92 Å². The van der Waals surface area contributed by atoms with Crippen LogP contribution >= 0.6 is 11.8 Å². The number of carboxylic acid groups (broad SMARTS) is 1. The van der Waals surface area contributed by atoms with Crippen molar-refractivity contribution in [2.24, 2.45) is 0 Å². The molecule has 20 heavy (non-hydrogen) atoms. The SMILES string of the molecule is Cc1ccccc1OCCSc1ccnc(C(=O)O)c1. The molecule has 1 N–H and O–H groups in total. The minimum atomic E-state index is -1.01. The summed E-state index contributed by atoms with van der Waals surface area (Å²) in [5, 5.41) is 8.86. The lowest BCUT2D eigenvalue weighted by atomic mass is 10.2. The van der Waals surface area contributed by atoms with Crippen molar-refractivity contribution in [1.29, 1.82) is 0 Å². The number of thioether (sulfide) groups is 1. The van der Waals surface area contributed by atoms with E-state index in [2.05, 4.69) is 4.98 Å². The van der Waals surface area contributed by atoms with Gasteiger partial charge in [0.05, 0.1) is 6.61 Å². The highest BCUT2D eigenvalue weighted by molar-refractivity contribution is 7.99. The number of para-hydroxylation sites is 1. The van der Waals surface area contributed by atoms with E-state index >= 15 is 0 Å². The summed E-state index contributed by atoms with van der Waals surface area (Å²) in [6.07, 6.45) is 1.51. The van der Waals surface area contributed by atoms with Crippen molar-refractivity contribution in [2.45, 2.75) is 11.8 Å². The second-order valence-electron chi connectivity index (χ2n) is 4.14. The number of ether oxygens (including phenoxy) is 1. The van der Waals surface area contributed by atoms with Crippen LogP contribution in [0.1, 0.15) is 16.1 Å². The van der Waals surface area contributed by atoms with Crippen LogP contribution in [0.4, 0.5) is 0 Å². The highest BCUT2D eigenvalue weighted by atomic mass is 32.2. The highest BCUT2D eigenvalue weighted by Crippen LogP contribution is 2.20. The van der Waals surface area contributed by atoms with Crippen LogP contribution in [-0.2, 0) is 0 Å². The van der Waals surface area contributed by atoms with E-state index in [9.17, 15) is 4.79 Å². The molecule has 5 heteroatoms. The molecule has 0 saturated carbocycles. The summed E-state index contributed by atoms with van der Waals surface area (Å²) in [6.45, 7) is 2.57. The van der Waals surface area contributed by atoms with Crippen LogP contribution in [0.5, 0.6) is 5.75 Å². The first kappa shape index (κ1) is 14.4. The Bertz CT molecular complexity index is 601. The summed E-state index contributed by atoms with van der Waals surface area (Å²) >= 11 is 1.55. The van der Waals surface area contributed by atoms with Crippen molar-refractivity contribution in [2.75, 3.05) is 12.4 Å². The van der Waals surface area contributed by atoms with Crippen LogP contribution in [0.15, 0.2) is 47.5 Å². The van der Waals surface area contributed by atoms with Gasteiger partial charge in [-0.25, -0.2) is 9.78 Å². The van der Waals surface area contributed by atoms with E-state index in [-0.39, 0.29) is 5.69 Å². The molecular formula is C15H15NO3S. The van der Waals surface area contributed by atoms with Gasteiger partial charge in [0, 0.05) is 16.8 Å². The van der Waals surface area contributed by atoms with Gasteiger partial charge in [-0.05, 0) is 30.7 Å². The lowest BCUT2D eigenvalue weighted by molar-refractivity contribution is 0.0690. The number of aromatic nitrogens is 1. The largest absolute Gasteiger partial charge is 0.492 e. The fourth-order valence-electron chi connectivity index (χ4n) is 1.65. The van der Waals surface area contributed by atoms with Crippen LogP contribution in [0.3, 0.4) is 0 Å². The topological polar surface area (TPSA) is 59.4 Å². The number of benzene rings is 1. The smallest absolute Gasteiger partial charge is 0.354 e.